The van der Waals surface area contributed by atoms with Gasteiger partial charge in [0.25, 0.3) is 0 Å². The quantitative estimate of drug-likeness (QED) is 0.451. The van der Waals surface area contributed by atoms with Crippen molar-refractivity contribution in [1.82, 2.24) is 15.1 Å². The van der Waals surface area contributed by atoms with E-state index in [1.54, 1.807) is 21.0 Å². The molecule has 10 nitrogen and oxygen atoms in total. The minimum atomic E-state index is -1.49. The van der Waals surface area contributed by atoms with E-state index in [-0.39, 0.29) is 30.0 Å². The summed E-state index contributed by atoms with van der Waals surface area (Å²) in [5, 5.41) is 22.2. The van der Waals surface area contributed by atoms with Gasteiger partial charge >= 0.3 is 12.2 Å². The van der Waals surface area contributed by atoms with Crippen LogP contribution in [0.25, 0.3) is 0 Å². The molecule has 0 bridgehead atoms. The van der Waals surface area contributed by atoms with Crippen LogP contribution in [-0.4, -0.2) is 83.1 Å². The lowest BCUT2D eigenvalue weighted by Crippen LogP contribution is -2.61. The van der Waals surface area contributed by atoms with Crippen LogP contribution in [0.1, 0.15) is 26.7 Å². The number of amides is 2. The summed E-state index contributed by atoms with van der Waals surface area (Å²) in [6.45, 7) is 3.90. The smallest absolute Gasteiger partial charge is 0.449 e. The third-order valence-corrected chi connectivity index (χ3v) is 5.55. The normalized spacial score (nSPS) is 30.0. The van der Waals surface area contributed by atoms with Crippen molar-refractivity contribution in [2.45, 2.75) is 51.0 Å². The maximum absolute atomic E-state index is 12.4. The molecular formula is C19H27N3O7. The van der Waals surface area contributed by atoms with Gasteiger partial charge in [-0.2, -0.15) is 0 Å². The van der Waals surface area contributed by atoms with Crippen molar-refractivity contribution in [2.24, 2.45) is 5.92 Å². The molecule has 0 aromatic carbocycles. The molecule has 3 aliphatic rings. The number of carboxylic acid groups (broad SMARTS) is 1. The molecular weight excluding hydrogens is 382 g/mol. The van der Waals surface area contributed by atoms with Crippen LogP contribution in [0.2, 0.25) is 0 Å². The van der Waals surface area contributed by atoms with Gasteiger partial charge in [0.05, 0.1) is 18.1 Å². The molecule has 0 aromatic rings. The molecule has 3 heterocycles. The number of fused-ring (bicyclic) bond motifs is 1. The summed E-state index contributed by atoms with van der Waals surface area (Å²) in [6.07, 6.45) is -0.0402. The Morgan fingerprint density at radius 1 is 1.38 bits per heavy atom. The Hall–Kier alpha value is -2.59. The van der Waals surface area contributed by atoms with E-state index in [1.165, 1.54) is 9.80 Å². The third-order valence-electron chi connectivity index (χ3n) is 5.55. The first kappa shape index (κ1) is 21.1. The number of aliphatic hydroxyl groups is 1. The number of aliphatic hydroxyl groups excluding tert-OH is 1. The average Bonchev–Trinajstić information content (AvgIpc) is 3.15. The first-order valence-electron chi connectivity index (χ1n) is 9.55. The fourth-order valence-electron chi connectivity index (χ4n) is 4.13. The second-order valence-corrected chi connectivity index (χ2v) is 7.90. The van der Waals surface area contributed by atoms with Crippen molar-refractivity contribution >= 4 is 18.2 Å². The van der Waals surface area contributed by atoms with Gasteiger partial charge in [0.2, 0.25) is 11.8 Å². The average molecular weight is 409 g/mol. The van der Waals surface area contributed by atoms with Crippen LogP contribution in [-0.2, 0) is 14.3 Å². The lowest BCUT2D eigenvalue weighted by atomic mass is 9.82. The lowest BCUT2D eigenvalue weighted by Gasteiger charge is -2.44. The van der Waals surface area contributed by atoms with Crippen molar-refractivity contribution in [3.8, 4) is 0 Å². The van der Waals surface area contributed by atoms with Crippen molar-refractivity contribution in [2.75, 3.05) is 20.6 Å². The Labute approximate surface area is 168 Å². The van der Waals surface area contributed by atoms with E-state index in [0.717, 1.165) is 5.57 Å². The minimum Gasteiger partial charge on any atom is -0.449 e. The molecule has 3 N–H and O–H groups in total. The molecule has 2 fully saturated rings. The van der Waals surface area contributed by atoms with Gasteiger partial charge in [-0.1, -0.05) is 6.08 Å². The maximum Gasteiger partial charge on any atom is 0.512 e. The summed E-state index contributed by atoms with van der Waals surface area (Å²) in [5.41, 5.74) is 1.41. The van der Waals surface area contributed by atoms with Crippen molar-refractivity contribution in [3.05, 3.63) is 23.1 Å². The zero-order chi connectivity index (χ0) is 21.5. The van der Waals surface area contributed by atoms with E-state index in [1.807, 2.05) is 13.0 Å². The fourth-order valence-corrected chi connectivity index (χ4v) is 4.13. The van der Waals surface area contributed by atoms with E-state index in [2.05, 4.69) is 5.32 Å². The molecule has 0 unspecified atom stereocenters. The van der Waals surface area contributed by atoms with Crippen LogP contribution >= 0.6 is 0 Å². The molecule has 0 radical (unpaired) electrons. The van der Waals surface area contributed by atoms with Crippen LogP contribution in [0.5, 0.6) is 0 Å². The van der Waals surface area contributed by atoms with Gasteiger partial charge in [0.1, 0.15) is 6.10 Å². The summed E-state index contributed by atoms with van der Waals surface area (Å²) in [5.74, 6) is -0.877. The highest BCUT2D eigenvalue weighted by molar-refractivity contribution is 5.90. The van der Waals surface area contributed by atoms with Gasteiger partial charge in [0.15, 0.2) is 0 Å². The Morgan fingerprint density at radius 3 is 2.66 bits per heavy atom. The predicted octanol–water partition coefficient (Wildman–Crippen LogP) is 0.879. The highest BCUT2D eigenvalue weighted by Gasteiger charge is 2.56. The van der Waals surface area contributed by atoms with Gasteiger partial charge in [-0.3, -0.25) is 9.69 Å². The Morgan fingerprint density at radius 2 is 2.07 bits per heavy atom. The zero-order valence-electron chi connectivity index (χ0n) is 16.9. The zero-order valence-corrected chi connectivity index (χ0v) is 16.9. The second kappa shape index (κ2) is 8.03. The van der Waals surface area contributed by atoms with Crippen LogP contribution in [0.3, 0.4) is 0 Å². The highest BCUT2D eigenvalue weighted by Crippen LogP contribution is 2.46. The molecule has 0 aliphatic carbocycles. The Balaban J connectivity index is 1.74. The molecule has 2 saturated heterocycles. The van der Waals surface area contributed by atoms with E-state index >= 15 is 0 Å². The predicted molar refractivity (Wildman–Crippen MR) is 101 cm³/mol. The van der Waals surface area contributed by atoms with Gasteiger partial charge in [-0.15, -0.1) is 0 Å². The summed E-state index contributed by atoms with van der Waals surface area (Å²) < 4.78 is 10.3. The van der Waals surface area contributed by atoms with E-state index in [4.69, 9.17) is 14.6 Å². The molecule has 0 spiro atoms. The van der Waals surface area contributed by atoms with Gasteiger partial charge < -0.3 is 29.9 Å². The van der Waals surface area contributed by atoms with E-state index in [9.17, 15) is 19.5 Å². The molecule has 3 aliphatic heterocycles. The third kappa shape index (κ3) is 4.08. The molecule has 0 aromatic heterocycles. The van der Waals surface area contributed by atoms with Crippen LogP contribution in [0, 0.1) is 5.92 Å². The number of nitrogens with one attached hydrogen (secondary N) is 1. The molecule has 160 valence electrons. The number of β-lactam (4-membered cyclic amide) rings is 1. The monoisotopic (exact) mass is 409 g/mol. The molecule has 2 amide bonds. The number of carbonyl (C=O) groups excluding carboxylic acids is 2. The standard InChI is InChI=1S/C19H27N3O7/c1-9(5-11-6-12(8-20-11)28-18(25)21(3)4)13-7-14-15(10(2)23)16(24)22(14)17(13)29-19(26)27/h5,10-12,14-15,20,23H,6-8H2,1-4H3,(H,26,27)/t10-,11-,12-,14-,15-/m1/s1. The highest BCUT2D eigenvalue weighted by atomic mass is 16.7. The number of ether oxygens (including phenoxy) is 2. The minimum absolute atomic E-state index is 0.0201. The van der Waals surface area contributed by atoms with Crippen molar-refractivity contribution in [3.63, 3.8) is 0 Å². The summed E-state index contributed by atoms with van der Waals surface area (Å²) in [4.78, 5) is 37.9. The summed E-state index contributed by atoms with van der Waals surface area (Å²) in [7, 11) is 3.24. The van der Waals surface area contributed by atoms with Crippen LogP contribution in [0.4, 0.5) is 9.59 Å². The number of nitrogens with zero attached hydrogens (tertiary/aromatic N) is 2. The Bertz CT molecular complexity index is 774. The van der Waals surface area contributed by atoms with E-state index < -0.39 is 24.3 Å². The van der Waals surface area contributed by atoms with Gasteiger partial charge in [-0.05, 0) is 25.8 Å². The molecule has 29 heavy (non-hydrogen) atoms. The van der Waals surface area contributed by atoms with E-state index in [0.29, 0.717) is 25.0 Å². The van der Waals surface area contributed by atoms with Crippen molar-refractivity contribution in [1.29, 1.82) is 0 Å². The number of hydrogen-bond donors (Lipinski definition) is 3. The Kier molecular flexibility index (Phi) is 5.85. The SMILES string of the molecule is CC(=C[C@@H]1C[C@@H](OC(=O)N(C)C)CN1)C1=C(OC(=O)O)N2C(=O)[C@H]([C@@H](C)O)[C@H]2C1. The lowest BCUT2D eigenvalue weighted by molar-refractivity contribution is -0.161. The summed E-state index contributed by atoms with van der Waals surface area (Å²) in [6, 6.07) is -0.370. The molecule has 3 rings (SSSR count). The van der Waals surface area contributed by atoms with Gasteiger partial charge in [-0.25, -0.2) is 9.59 Å². The van der Waals surface area contributed by atoms with Crippen molar-refractivity contribution < 1.29 is 34.1 Å². The molecule has 5 atom stereocenters. The molecule has 10 heteroatoms. The first-order valence-corrected chi connectivity index (χ1v) is 9.55. The largest absolute Gasteiger partial charge is 0.512 e. The molecule has 0 saturated carbocycles. The van der Waals surface area contributed by atoms with Crippen LogP contribution in [0.15, 0.2) is 23.1 Å². The summed E-state index contributed by atoms with van der Waals surface area (Å²) >= 11 is 0. The number of hydrogen-bond acceptors (Lipinski definition) is 7. The second-order valence-electron chi connectivity index (χ2n) is 7.90. The van der Waals surface area contributed by atoms with Crippen LogP contribution < -0.4 is 5.32 Å². The number of allylic oxidation sites excluding steroid dienone is 1. The maximum atomic E-state index is 12.4. The first-order chi connectivity index (χ1) is 13.6. The number of carbonyl (C=O) groups is 3. The van der Waals surface area contributed by atoms with Gasteiger partial charge in [0, 0.05) is 38.7 Å². The topological polar surface area (TPSA) is 129 Å². The fraction of sp³-hybridized carbons (Fsp3) is 0.632. The number of rotatable bonds is 5.